The quantitative estimate of drug-likeness (QED) is 0.583. The molecule has 0 saturated carbocycles. The Balaban J connectivity index is 1.49. The van der Waals surface area contributed by atoms with Gasteiger partial charge < -0.3 is 9.47 Å². The number of imidazole rings is 1. The van der Waals surface area contributed by atoms with Gasteiger partial charge in [-0.3, -0.25) is 23.4 Å². The summed E-state index contributed by atoms with van der Waals surface area (Å²) in [7, 11) is 3.00. The van der Waals surface area contributed by atoms with E-state index < -0.39 is 11.2 Å². The molecule has 33 heavy (non-hydrogen) atoms. The summed E-state index contributed by atoms with van der Waals surface area (Å²) < 4.78 is 6.09. The predicted molar refractivity (Wildman–Crippen MR) is 125 cm³/mol. The Morgan fingerprint density at radius 3 is 2.33 bits per heavy atom. The fourth-order valence-corrected chi connectivity index (χ4v) is 4.56. The van der Waals surface area contributed by atoms with E-state index in [0.29, 0.717) is 24.9 Å². The van der Waals surface area contributed by atoms with Crippen LogP contribution in [0.5, 0.6) is 0 Å². The highest BCUT2D eigenvalue weighted by molar-refractivity contribution is 5.79. The van der Waals surface area contributed by atoms with Crippen molar-refractivity contribution in [3.8, 4) is 0 Å². The predicted octanol–water partition coefficient (Wildman–Crippen LogP) is 1.74. The third-order valence-corrected chi connectivity index (χ3v) is 6.65. The van der Waals surface area contributed by atoms with Crippen molar-refractivity contribution in [2.75, 3.05) is 13.1 Å². The van der Waals surface area contributed by atoms with Crippen LogP contribution in [0, 0.1) is 0 Å². The second-order valence-corrected chi connectivity index (χ2v) is 9.61. The van der Waals surface area contributed by atoms with Crippen molar-refractivity contribution in [2.45, 2.75) is 65.0 Å². The van der Waals surface area contributed by atoms with Crippen molar-refractivity contribution in [3.05, 3.63) is 44.6 Å². The molecule has 10 heteroatoms. The molecule has 0 radical (unpaired) electrons. The number of likely N-dealkylation sites (tertiary alicyclic amines) is 1. The molecule has 4 rings (SSSR count). The third-order valence-electron chi connectivity index (χ3n) is 6.65. The fraction of sp³-hybridized carbons (Fsp3) is 0.609. The van der Waals surface area contributed by atoms with Crippen LogP contribution in [0.15, 0.2) is 22.0 Å². The zero-order valence-corrected chi connectivity index (χ0v) is 20.3. The number of nitrogens with zero attached hydrogens (tertiary/aromatic N) is 7. The number of carbonyl (C=O) groups excluding carboxylic acids is 1. The highest BCUT2D eigenvalue weighted by atomic mass is 16.2. The first kappa shape index (κ1) is 23.0. The SMILES string of the molecule is CC(C)c1cc(C(C)C)n(C2CCN(C(=O)Cn3cnc4c3c(=O)n(C)c(=O)n4C)CC2)n1. The van der Waals surface area contributed by atoms with Crippen LogP contribution in [-0.4, -0.2) is 52.4 Å². The largest absolute Gasteiger partial charge is 0.341 e. The van der Waals surface area contributed by atoms with Crippen LogP contribution in [0.3, 0.4) is 0 Å². The van der Waals surface area contributed by atoms with E-state index in [1.54, 1.807) is 11.6 Å². The van der Waals surface area contributed by atoms with Crippen molar-refractivity contribution < 1.29 is 4.79 Å². The van der Waals surface area contributed by atoms with Crippen LogP contribution in [-0.2, 0) is 25.4 Å². The number of hydrogen-bond acceptors (Lipinski definition) is 5. The number of aryl methyl sites for hydroxylation is 1. The fourth-order valence-electron chi connectivity index (χ4n) is 4.56. The molecule has 10 nitrogen and oxygen atoms in total. The van der Waals surface area contributed by atoms with E-state index >= 15 is 0 Å². The summed E-state index contributed by atoms with van der Waals surface area (Å²) in [5, 5.41) is 4.89. The summed E-state index contributed by atoms with van der Waals surface area (Å²) in [6, 6.07) is 2.49. The lowest BCUT2D eigenvalue weighted by molar-refractivity contribution is -0.133. The number of fused-ring (bicyclic) bond motifs is 1. The molecule has 0 aromatic carbocycles. The van der Waals surface area contributed by atoms with Gasteiger partial charge in [-0.1, -0.05) is 27.7 Å². The van der Waals surface area contributed by atoms with E-state index in [2.05, 4.69) is 43.4 Å². The molecule has 178 valence electrons. The number of aromatic nitrogens is 6. The van der Waals surface area contributed by atoms with Gasteiger partial charge in [0, 0.05) is 32.9 Å². The average Bonchev–Trinajstić information content (AvgIpc) is 3.41. The Morgan fingerprint density at radius 2 is 1.73 bits per heavy atom. The van der Waals surface area contributed by atoms with Gasteiger partial charge in [-0.25, -0.2) is 9.78 Å². The topological polar surface area (TPSA) is 100.0 Å². The molecule has 0 spiro atoms. The first-order valence-corrected chi connectivity index (χ1v) is 11.6. The van der Waals surface area contributed by atoms with Crippen LogP contribution >= 0.6 is 0 Å². The minimum atomic E-state index is -0.446. The van der Waals surface area contributed by atoms with Crippen LogP contribution < -0.4 is 11.2 Å². The molecule has 1 aliphatic rings. The van der Waals surface area contributed by atoms with Crippen LogP contribution in [0.25, 0.3) is 11.2 Å². The van der Waals surface area contributed by atoms with Crippen LogP contribution in [0.1, 0.15) is 69.8 Å². The van der Waals surface area contributed by atoms with Gasteiger partial charge in [0.2, 0.25) is 5.91 Å². The van der Waals surface area contributed by atoms with Crippen LogP contribution in [0.4, 0.5) is 0 Å². The van der Waals surface area contributed by atoms with Crippen molar-refractivity contribution in [3.63, 3.8) is 0 Å². The molecule has 0 atom stereocenters. The van der Waals surface area contributed by atoms with Gasteiger partial charge in [-0.05, 0) is 30.7 Å². The maximum atomic E-state index is 13.0. The summed E-state index contributed by atoms with van der Waals surface area (Å²) in [6.07, 6.45) is 3.14. The molecule has 1 aliphatic heterocycles. The van der Waals surface area contributed by atoms with E-state index in [4.69, 9.17) is 5.10 Å². The Bertz CT molecular complexity index is 1300. The zero-order chi connectivity index (χ0) is 24.0. The molecule has 1 fully saturated rings. The summed E-state index contributed by atoms with van der Waals surface area (Å²) in [5.74, 6) is 0.705. The number of hydrogen-bond donors (Lipinski definition) is 0. The lowest BCUT2D eigenvalue weighted by Gasteiger charge is -2.33. The monoisotopic (exact) mass is 455 g/mol. The minimum absolute atomic E-state index is 0.0190. The first-order chi connectivity index (χ1) is 15.6. The van der Waals surface area contributed by atoms with Gasteiger partial charge in [-0.2, -0.15) is 5.10 Å². The minimum Gasteiger partial charge on any atom is -0.341 e. The second-order valence-electron chi connectivity index (χ2n) is 9.61. The van der Waals surface area contributed by atoms with Gasteiger partial charge >= 0.3 is 5.69 Å². The molecule has 1 saturated heterocycles. The standard InChI is InChI=1S/C23H33N7O3/c1-14(2)17-11-18(15(3)4)30(25-17)16-7-9-28(10-8-16)19(31)12-29-13-24-21-20(29)22(32)27(6)23(33)26(21)5/h11,13-16H,7-10,12H2,1-6H3. The average molecular weight is 456 g/mol. The van der Waals surface area contributed by atoms with Gasteiger partial charge in [0.15, 0.2) is 11.2 Å². The number of piperidine rings is 1. The maximum Gasteiger partial charge on any atom is 0.332 e. The summed E-state index contributed by atoms with van der Waals surface area (Å²) >= 11 is 0. The van der Waals surface area contributed by atoms with Crippen molar-refractivity contribution in [1.82, 2.24) is 33.4 Å². The lowest BCUT2D eigenvalue weighted by Crippen LogP contribution is -2.41. The van der Waals surface area contributed by atoms with E-state index in [0.717, 1.165) is 23.1 Å². The summed E-state index contributed by atoms with van der Waals surface area (Å²) in [4.78, 5) is 43.9. The smallest absolute Gasteiger partial charge is 0.332 e. The van der Waals surface area contributed by atoms with Crippen molar-refractivity contribution in [2.24, 2.45) is 14.1 Å². The Morgan fingerprint density at radius 1 is 1.06 bits per heavy atom. The number of rotatable bonds is 5. The highest BCUT2D eigenvalue weighted by Gasteiger charge is 2.27. The Kier molecular flexibility index (Phi) is 6.02. The number of amides is 1. The van der Waals surface area contributed by atoms with Crippen LogP contribution in [0.2, 0.25) is 0 Å². The van der Waals surface area contributed by atoms with E-state index in [9.17, 15) is 14.4 Å². The Hall–Kier alpha value is -3.17. The summed E-state index contributed by atoms with van der Waals surface area (Å²) in [5.41, 5.74) is 2.02. The molecule has 3 aromatic heterocycles. The number of carbonyl (C=O) groups is 1. The van der Waals surface area contributed by atoms with E-state index in [1.807, 2.05) is 4.90 Å². The van der Waals surface area contributed by atoms with E-state index in [-0.39, 0.29) is 29.7 Å². The molecule has 0 aliphatic carbocycles. The molecule has 1 amide bonds. The highest BCUT2D eigenvalue weighted by Crippen LogP contribution is 2.29. The maximum absolute atomic E-state index is 13.0. The van der Waals surface area contributed by atoms with Gasteiger partial charge in [0.1, 0.15) is 6.54 Å². The molecular weight excluding hydrogens is 422 g/mol. The first-order valence-electron chi connectivity index (χ1n) is 11.6. The molecule has 0 unspecified atom stereocenters. The molecule has 4 heterocycles. The molecule has 0 N–H and O–H groups in total. The molecule has 3 aromatic rings. The van der Waals surface area contributed by atoms with Crippen molar-refractivity contribution >= 4 is 17.1 Å². The van der Waals surface area contributed by atoms with Gasteiger partial charge in [-0.15, -0.1) is 0 Å². The van der Waals surface area contributed by atoms with Crippen molar-refractivity contribution in [1.29, 1.82) is 0 Å². The normalized spacial score (nSPS) is 15.3. The van der Waals surface area contributed by atoms with Gasteiger partial charge in [0.05, 0.1) is 18.1 Å². The van der Waals surface area contributed by atoms with Gasteiger partial charge in [0.25, 0.3) is 5.56 Å². The molecular formula is C23H33N7O3. The lowest BCUT2D eigenvalue weighted by atomic mass is 10.0. The zero-order valence-electron chi connectivity index (χ0n) is 20.3. The third kappa shape index (κ3) is 4.02. The summed E-state index contributed by atoms with van der Waals surface area (Å²) in [6.45, 7) is 9.98. The second kappa shape index (κ2) is 8.64. The Labute approximate surface area is 192 Å². The van der Waals surface area contributed by atoms with E-state index in [1.165, 1.54) is 23.6 Å². The molecule has 0 bridgehead atoms.